The van der Waals surface area contributed by atoms with Crippen molar-refractivity contribution >= 4 is 22.4 Å². The molecule has 25 heavy (non-hydrogen) atoms. The maximum atomic E-state index is 13.6. The summed E-state index contributed by atoms with van der Waals surface area (Å²) in [6.07, 6.45) is 3.73. The highest BCUT2D eigenvalue weighted by molar-refractivity contribution is 7.90. The van der Waals surface area contributed by atoms with Crippen molar-refractivity contribution in [2.45, 2.75) is 44.4 Å². The van der Waals surface area contributed by atoms with E-state index in [1.54, 1.807) is 6.33 Å². The lowest BCUT2D eigenvalue weighted by atomic mass is 10.1. The Hall–Kier alpha value is -1.18. The molecule has 2 saturated carbocycles. The Balaban J connectivity index is 1.39. The second-order valence-electron chi connectivity index (χ2n) is 8.25. The molecule has 1 N–H and O–H groups in total. The first kappa shape index (κ1) is 17.2. The van der Waals surface area contributed by atoms with Gasteiger partial charge in [-0.05, 0) is 51.4 Å². The van der Waals surface area contributed by atoms with Crippen molar-refractivity contribution < 1.29 is 13.3 Å². The molecule has 0 aliphatic heterocycles. The van der Waals surface area contributed by atoms with E-state index in [0.29, 0.717) is 28.8 Å². The lowest BCUT2D eigenvalue weighted by Gasteiger charge is -2.24. The van der Waals surface area contributed by atoms with E-state index < -0.39 is 23.0 Å². The SMILES string of the molecule is CC(C)(C)[S+]([O-])NC[C@@H]1[C@H]2C[C@H](n3cnc4cc(F)c(F)cc43)C[C@@H]12. The summed E-state index contributed by atoms with van der Waals surface area (Å²) < 4.78 is 43.9. The smallest absolute Gasteiger partial charge is 0.161 e. The minimum absolute atomic E-state index is 0.248. The molecule has 4 nitrogen and oxygen atoms in total. The third-order valence-corrected chi connectivity index (χ3v) is 7.16. The van der Waals surface area contributed by atoms with Gasteiger partial charge in [-0.2, -0.15) is 0 Å². The Labute approximate surface area is 149 Å². The molecule has 1 aromatic heterocycles. The van der Waals surface area contributed by atoms with Gasteiger partial charge in [0.2, 0.25) is 0 Å². The molecule has 0 radical (unpaired) electrons. The third kappa shape index (κ3) is 3.06. The second-order valence-corrected chi connectivity index (χ2v) is 10.3. The topological polar surface area (TPSA) is 52.9 Å². The largest absolute Gasteiger partial charge is 0.598 e. The van der Waals surface area contributed by atoms with Crippen LogP contribution in [0.15, 0.2) is 18.5 Å². The van der Waals surface area contributed by atoms with Crippen molar-refractivity contribution in [3.05, 3.63) is 30.1 Å². The first-order chi connectivity index (χ1) is 11.8. The maximum absolute atomic E-state index is 13.6. The van der Waals surface area contributed by atoms with Crippen LogP contribution in [-0.4, -0.2) is 25.4 Å². The lowest BCUT2D eigenvalue weighted by Crippen LogP contribution is -2.40. The molecular weight excluding hydrogens is 344 g/mol. The van der Waals surface area contributed by atoms with Crippen LogP contribution in [0, 0.1) is 29.4 Å². The van der Waals surface area contributed by atoms with Gasteiger partial charge in [0.15, 0.2) is 11.6 Å². The summed E-state index contributed by atoms with van der Waals surface area (Å²) in [4.78, 5) is 4.21. The van der Waals surface area contributed by atoms with Crippen LogP contribution in [0.5, 0.6) is 0 Å². The molecule has 0 spiro atoms. The Bertz CT molecular complexity index is 791. The first-order valence-electron chi connectivity index (χ1n) is 8.72. The average Bonchev–Trinajstić information content (AvgIpc) is 2.88. The molecule has 0 amide bonds. The zero-order valence-electron chi connectivity index (χ0n) is 14.6. The molecule has 0 bridgehead atoms. The molecule has 2 aromatic rings. The summed E-state index contributed by atoms with van der Waals surface area (Å²) in [5, 5.41) is 0. The van der Waals surface area contributed by atoms with Crippen molar-refractivity contribution in [3.63, 3.8) is 0 Å². The first-order valence-corrected chi connectivity index (χ1v) is 9.87. The fraction of sp³-hybridized carbons (Fsp3) is 0.611. The molecule has 1 aromatic carbocycles. The van der Waals surface area contributed by atoms with Crippen LogP contribution in [0.4, 0.5) is 8.78 Å². The van der Waals surface area contributed by atoms with E-state index in [1.165, 1.54) is 6.07 Å². The molecule has 1 heterocycles. The molecule has 136 valence electrons. The van der Waals surface area contributed by atoms with Gasteiger partial charge in [-0.25, -0.2) is 13.8 Å². The molecule has 2 aliphatic carbocycles. The van der Waals surface area contributed by atoms with Gasteiger partial charge < -0.3 is 9.12 Å². The van der Waals surface area contributed by atoms with Crippen LogP contribution in [0.1, 0.15) is 39.7 Å². The fourth-order valence-corrected chi connectivity index (χ4v) is 4.96. The number of hydrogen-bond acceptors (Lipinski definition) is 3. The number of imidazole rings is 1. The van der Waals surface area contributed by atoms with Crippen molar-refractivity contribution in [2.24, 2.45) is 17.8 Å². The summed E-state index contributed by atoms with van der Waals surface area (Å²) >= 11 is -1.03. The molecule has 2 aliphatic rings. The summed E-state index contributed by atoms with van der Waals surface area (Å²) in [7, 11) is 0. The molecule has 1 unspecified atom stereocenters. The van der Waals surface area contributed by atoms with Crippen LogP contribution in [0.2, 0.25) is 0 Å². The van der Waals surface area contributed by atoms with E-state index in [2.05, 4.69) is 9.71 Å². The third-order valence-electron chi connectivity index (χ3n) is 5.61. The highest BCUT2D eigenvalue weighted by atomic mass is 32.2. The maximum Gasteiger partial charge on any atom is 0.161 e. The summed E-state index contributed by atoms with van der Waals surface area (Å²) in [6, 6.07) is 2.69. The lowest BCUT2D eigenvalue weighted by molar-refractivity contribution is 0.430. The number of hydrogen-bond donors (Lipinski definition) is 1. The van der Waals surface area contributed by atoms with Gasteiger partial charge in [0.25, 0.3) is 0 Å². The number of aromatic nitrogens is 2. The molecule has 5 atom stereocenters. The number of rotatable bonds is 4. The summed E-state index contributed by atoms with van der Waals surface area (Å²) in [6.45, 7) is 6.68. The highest BCUT2D eigenvalue weighted by Crippen LogP contribution is 2.61. The van der Waals surface area contributed by atoms with Gasteiger partial charge in [0.1, 0.15) is 4.75 Å². The van der Waals surface area contributed by atoms with E-state index in [1.807, 2.05) is 25.3 Å². The standard InChI is InChI=1S/C18H23F2N3OS/c1-18(2,3)25(24)22-8-13-11-4-10(5-12(11)13)23-9-21-16-6-14(19)15(20)7-17(16)23/h6-7,9-13,22H,4-5,8H2,1-3H3/t10-,11-,12+,13+,25?. The summed E-state index contributed by atoms with van der Waals surface area (Å²) in [5.74, 6) is 0.134. The van der Waals surface area contributed by atoms with E-state index in [9.17, 15) is 13.3 Å². The zero-order valence-corrected chi connectivity index (χ0v) is 15.4. The van der Waals surface area contributed by atoms with E-state index >= 15 is 0 Å². The van der Waals surface area contributed by atoms with Crippen LogP contribution >= 0.6 is 0 Å². The van der Waals surface area contributed by atoms with Crippen LogP contribution in [-0.2, 0) is 11.4 Å². The number of fused-ring (bicyclic) bond motifs is 2. The second kappa shape index (κ2) is 5.93. The van der Waals surface area contributed by atoms with Gasteiger partial charge in [-0.3, -0.25) is 0 Å². The Morgan fingerprint density at radius 2 is 1.88 bits per heavy atom. The highest BCUT2D eigenvalue weighted by Gasteiger charge is 2.56. The van der Waals surface area contributed by atoms with Crippen molar-refractivity contribution in [1.29, 1.82) is 0 Å². The van der Waals surface area contributed by atoms with E-state index in [0.717, 1.165) is 25.5 Å². The number of halogens is 2. The summed E-state index contributed by atoms with van der Waals surface area (Å²) in [5.41, 5.74) is 1.16. The van der Waals surface area contributed by atoms with Crippen LogP contribution in [0.25, 0.3) is 11.0 Å². The van der Waals surface area contributed by atoms with Crippen molar-refractivity contribution in [3.8, 4) is 0 Å². The molecule has 2 fully saturated rings. The quantitative estimate of drug-likeness (QED) is 0.841. The van der Waals surface area contributed by atoms with E-state index in [4.69, 9.17) is 0 Å². The minimum atomic E-state index is -1.03. The van der Waals surface area contributed by atoms with Gasteiger partial charge in [0.05, 0.1) is 17.4 Å². The Morgan fingerprint density at radius 1 is 1.24 bits per heavy atom. The van der Waals surface area contributed by atoms with Gasteiger partial charge in [0, 0.05) is 36.1 Å². The van der Waals surface area contributed by atoms with E-state index in [-0.39, 0.29) is 10.8 Å². The van der Waals surface area contributed by atoms with Crippen molar-refractivity contribution in [2.75, 3.05) is 6.54 Å². The predicted molar refractivity (Wildman–Crippen MR) is 94.3 cm³/mol. The van der Waals surface area contributed by atoms with Gasteiger partial charge in [-0.1, -0.05) is 0 Å². The Morgan fingerprint density at radius 3 is 2.52 bits per heavy atom. The van der Waals surface area contributed by atoms with Gasteiger partial charge in [-0.15, -0.1) is 4.72 Å². The Kier molecular flexibility index (Phi) is 4.09. The molecular formula is C18H23F2N3OS. The number of benzene rings is 1. The number of nitrogens with zero attached hydrogens (tertiary/aromatic N) is 2. The van der Waals surface area contributed by atoms with Crippen LogP contribution in [0.3, 0.4) is 0 Å². The zero-order chi connectivity index (χ0) is 17.9. The molecule has 7 heteroatoms. The minimum Gasteiger partial charge on any atom is -0.598 e. The molecule has 4 rings (SSSR count). The average molecular weight is 367 g/mol. The van der Waals surface area contributed by atoms with Crippen molar-refractivity contribution in [1.82, 2.24) is 14.3 Å². The van der Waals surface area contributed by atoms with Gasteiger partial charge >= 0.3 is 0 Å². The predicted octanol–water partition coefficient (Wildman–Crippen LogP) is 3.56. The van der Waals surface area contributed by atoms with Crippen LogP contribution < -0.4 is 4.72 Å². The molecule has 0 saturated heterocycles. The normalized spacial score (nSPS) is 29.8. The fourth-order valence-electron chi connectivity index (χ4n) is 4.18. The number of nitrogens with one attached hydrogen (secondary N) is 1. The monoisotopic (exact) mass is 367 g/mol.